The number of amides is 1. The summed E-state index contributed by atoms with van der Waals surface area (Å²) in [4.78, 5) is 11.9. The van der Waals surface area contributed by atoms with Gasteiger partial charge in [-0.05, 0) is 17.5 Å². The van der Waals surface area contributed by atoms with E-state index in [4.69, 9.17) is 11.6 Å². The van der Waals surface area contributed by atoms with E-state index in [9.17, 15) is 4.79 Å². The largest absolute Gasteiger partial charge is 0.352 e. The molecule has 0 aliphatic carbocycles. The lowest BCUT2D eigenvalue weighted by atomic mass is 10.2. The van der Waals surface area contributed by atoms with E-state index >= 15 is 0 Å². The Balaban J connectivity index is 2.02. The molecule has 106 valence electrons. The topological polar surface area (TPSA) is 46.9 Å². The van der Waals surface area contributed by atoms with Crippen LogP contribution >= 0.6 is 11.6 Å². The van der Waals surface area contributed by atoms with Crippen molar-refractivity contribution in [3.8, 4) is 0 Å². The predicted octanol–water partition coefficient (Wildman–Crippen LogP) is 2.97. The summed E-state index contributed by atoms with van der Waals surface area (Å²) in [5, 5.41) is 7.77. The summed E-state index contributed by atoms with van der Waals surface area (Å²) < 4.78 is 1.71. The number of hydrogen-bond acceptors (Lipinski definition) is 2. The van der Waals surface area contributed by atoms with Crippen LogP contribution in [0.25, 0.3) is 0 Å². The number of nitrogens with zero attached hydrogens (tertiary/aromatic N) is 2. The van der Waals surface area contributed by atoms with Gasteiger partial charge in [-0.15, -0.1) is 0 Å². The standard InChI is InChI=1S/C15H18ClN3O/c1-11(2)7-17-15(20)13-8-18-19(10-13)9-12-5-3-4-6-14(12)16/h3-6,8,10-11H,7,9H2,1-2H3,(H,17,20). The third-order valence-electron chi connectivity index (χ3n) is 2.86. The summed E-state index contributed by atoms with van der Waals surface area (Å²) in [5.74, 6) is 0.334. The monoisotopic (exact) mass is 291 g/mol. The minimum absolute atomic E-state index is 0.0934. The molecule has 0 fully saturated rings. The van der Waals surface area contributed by atoms with Gasteiger partial charge >= 0.3 is 0 Å². The van der Waals surface area contributed by atoms with Gasteiger partial charge in [0.2, 0.25) is 0 Å². The molecule has 0 saturated carbocycles. The Morgan fingerprint density at radius 3 is 2.85 bits per heavy atom. The van der Waals surface area contributed by atoms with Crippen molar-refractivity contribution in [3.05, 3.63) is 52.8 Å². The molecule has 0 radical (unpaired) electrons. The number of carbonyl (C=O) groups is 1. The fourth-order valence-corrected chi connectivity index (χ4v) is 1.96. The Morgan fingerprint density at radius 1 is 1.40 bits per heavy atom. The van der Waals surface area contributed by atoms with Crippen LogP contribution in [0.1, 0.15) is 29.8 Å². The maximum atomic E-state index is 11.9. The second-order valence-corrected chi connectivity index (χ2v) is 5.53. The van der Waals surface area contributed by atoms with E-state index in [0.29, 0.717) is 29.6 Å². The van der Waals surface area contributed by atoms with Gasteiger partial charge in [-0.1, -0.05) is 43.6 Å². The Bertz CT molecular complexity index is 592. The molecule has 1 amide bonds. The van der Waals surface area contributed by atoms with Gasteiger partial charge in [0.25, 0.3) is 5.91 Å². The molecule has 0 spiro atoms. The van der Waals surface area contributed by atoms with E-state index in [-0.39, 0.29) is 5.91 Å². The highest BCUT2D eigenvalue weighted by Crippen LogP contribution is 2.16. The molecule has 5 heteroatoms. The maximum absolute atomic E-state index is 11.9. The van der Waals surface area contributed by atoms with Crippen molar-refractivity contribution in [3.63, 3.8) is 0 Å². The number of rotatable bonds is 5. The van der Waals surface area contributed by atoms with Gasteiger partial charge in [-0.25, -0.2) is 0 Å². The third-order valence-corrected chi connectivity index (χ3v) is 3.23. The quantitative estimate of drug-likeness (QED) is 0.920. The number of halogens is 1. The normalized spacial score (nSPS) is 10.8. The van der Waals surface area contributed by atoms with Crippen molar-refractivity contribution in [1.82, 2.24) is 15.1 Å². The van der Waals surface area contributed by atoms with E-state index in [1.807, 2.05) is 24.3 Å². The highest BCUT2D eigenvalue weighted by molar-refractivity contribution is 6.31. The maximum Gasteiger partial charge on any atom is 0.254 e. The van der Waals surface area contributed by atoms with Crippen LogP contribution in [0.5, 0.6) is 0 Å². The van der Waals surface area contributed by atoms with E-state index < -0.39 is 0 Å². The van der Waals surface area contributed by atoms with E-state index in [1.165, 1.54) is 0 Å². The molecule has 0 bridgehead atoms. The molecule has 1 aromatic carbocycles. The van der Waals surface area contributed by atoms with Gasteiger partial charge in [-0.2, -0.15) is 5.10 Å². The molecule has 2 aromatic rings. The summed E-state index contributed by atoms with van der Waals surface area (Å²) in [5.41, 5.74) is 1.55. The number of nitrogens with one attached hydrogen (secondary N) is 1. The van der Waals surface area contributed by atoms with Crippen molar-refractivity contribution in [1.29, 1.82) is 0 Å². The summed E-state index contributed by atoms with van der Waals surface area (Å²) in [7, 11) is 0. The van der Waals surface area contributed by atoms with Crippen molar-refractivity contribution in [2.24, 2.45) is 5.92 Å². The van der Waals surface area contributed by atoms with Crippen LogP contribution in [0.4, 0.5) is 0 Å². The second-order valence-electron chi connectivity index (χ2n) is 5.12. The first-order valence-corrected chi connectivity index (χ1v) is 6.98. The third kappa shape index (κ3) is 3.84. The SMILES string of the molecule is CC(C)CNC(=O)c1cnn(Cc2ccccc2Cl)c1. The summed E-state index contributed by atoms with van der Waals surface area (Å²) >= 11 is 6.11. The molecule has 0 unspecified atom stereocenters. The number of aromatic nitrogens is 2. The van der Waals surface area contributed by atoms with Crippen LogP contribution in [-0.4, -0.2) is 22.2 Å². The van der Waals surface area contributed by atoms with Gasteiger partial charge in [0.1, 0.15) is 0 Å². The van der Waals surface area contributed by atoms with Gasteiger partial charge in [0.15, 0.2) is 0 Å². The average molecular weight is 292 g/mol. The van der Waals surface area contributed by atoms with Crippen LogP contribution in [0, 0.1) is 5.92 Å². The zero-order valence-corrected chi connectivity index (χ0v) is 12.4. The number of hydrogen-bond donors (Lipinski definition) is 1. The highest BCUT2D eigenvalue weighted by atomic mass is 35.5. The van der Waals surface area contributed by atoms with Crippen molar-refractivity contribution in [2.75, 3.05) is 6.54 Å². The smallest absolute Gasteiger partial charge is 0.254 e. The van der Waals surface area contributed by atoms with Crippen LogP contribution in [0.3, 0.4) is 0 Å². The van der Waals surface area contributed by atoms with Crippen molar-refractivity contribution in [2.45, 2.75) is 20.4 Å². The molecule has 0 atom stereocenters. The fourth-order valence-electron chi connectivity index (χ4n) is 1.77. The lowest BCUT2D eigenvalue weighted by Gasteiger charge is -2.06. The zero-order chi connectivity index (χ0) is 14.5. The lowest BCUT2D eigenvalue weighted by molar-refractivity contribution is 0.0949. The Hall–Kier alpha value is -1.81. The van der Waals surface area contributed by atoms with Crippen LogP contribution in [-0.2, 0) is 6.54 Å². The minimum Gasteiger partial charge on any atom is -0.352 e. The second kappa shape index (κ2) is 6.57. The summed E-state index contributed by atoms with van der Waals surface area (Å²) in [6.45, 7) is 5.33. The molecule has 1 aromatic heterocycles. The van der Waals surface area contributed by atoms with E-state index in [0.717, 1.165) is 5.56 Å². The summed E-state index contributed by atoms with van der Waals surface area (Å²) in [6.07, 6.45) is 3.31. The number of benzene rings is 1. The highest BCUT2D eigenvalue weighted by Gasteiger charge is 2.09. The van der Waals surface area contributed by atoms with E-state index in [1.54, 1.807) is 17.1 Å². The predicted molar refractivity (Wildman–Crippen MR) is 80.0 cm³/mol. The van der Waals surface area contributed by atoms with Gasteiger partial charge < -0.3 is 5.32 Å². The molecule has 2 rings (SSSR count). The number of carbonyl (C=O) groups excluding carboxylic acids is 1. The molecule has 1 heterocycles. The van der Waals surface area contributed by atoms with Gasteiger partial charge in [0, 0.05) is 17.8 Å². The molecular formula is C15H18ClN3O. The van der Waals surface area contributed by atoms with Crippen LogP contribution < -0.4 is 5.32 Å². The molecular weight excluding hydrogens is 274 g/mol. The molecule has 4 nitrogen and oxygen atoms in total. The van der Waals surface area contributed by atoms with Crippen LogP contribution in [0.2, 0.25) is 5.02 Å². The lowest BCUT2D eigenvalue weighted by Crippen LogP contribution is -2.26. The molecule has 0 aliphatic rings. The molecule has 20 heavy (non-hydrogen) atoms. The Kier molecular flexibility index (Phi) is 4.79. The first kappa shape index (κ1) is 14.6. The first-order valence-electron chi connectivity index (χ1n) is 6.60. The molecule has 1 N–H and O–H groups in total. The van der Waals surface area contributed by atoms with E-state index in [2.05, 4.69) is 24.3 Å². The molecule has 0 saturated heterocycles. The van der Waals surface area contributed by atoms with Gasteiger partial charge in [0.05, 0.1) is 18.3 Å². The fraction of sp³-hybridized carbons (Fsp3) is 0.333. The van der Waals surface area contributed by atoms with Crippen molar-refractivity contribution < 1.29 is 4.79 Å². The average Bonchev–Trinajstić information content (AvgIpc) is 2.87. The minimum atomic E-state index is -0.0934. The Morgan fingerprint density at radius 2 is 2.15 bits per heavy atom. The zero-order valence-electron chi connectivity index (χ0n) is 11.6. The first-order chi connectivity index (χ1) is 9.56. The van der Waals surface area contributed by atoms with Gasteiger partial charge in [-0.3, -0.25) is 9.48 Å². The Labute approximate surface area is 123 Å². The van der Waals surface area contributed by atoms with Crippen LogP contribution in [0.15, 0.2) is 36.7 Å². The summed E-state index contributed by atoms with van der Waals surface area (Å²) in [6, 6.07) is 7.61. The van der Waals surface area contributed by atoms with Crippen molar-refractivity contribution >= 4 is 17.5 Å². The molecule has 0 aliphatic heterocycles.